The molecule has 0 bridgehead atoms. The van der Waals surface area contributed by atoms with Gasteiger partial charge in [-0.15, -0.1) is 0 Å². The molecule has 2 rings (SSSR count). The van der Waals surface area contributed by atoms with E-state index in [2.05, 4.69) is 10.3 Å². The van der Waals surface area contributed by atoms with Crippen LogP contribution in [0.25, 0.3) is 0 Å². The van der Waals surface area contributed by atoms with Gasteiger partial charge < -0.3 is 15.4 Å². The lowest BCUT2D eigenvalue weighted by Gasteiger charge is -2.11. The standard InChI is InChI=1S/C13H16N2O/c16-13(12-4-2-1-3-5-12)10-15-9-11-6-7-14-8-11/h1-8,13-16H,9-10H2. The molecule has 1 unspecified atom stereocenters. The number of H-pyrrole nitrogens is 1. The van der Waals surface area contributed by atoms with E-state index >= 15 is 0 Å². The van der Waals surface area contributed by atoms with Crippen LogP contribution in [0.15, 0.2) is 48.8 Å². The van der Waals surface area contributed by atoms with Crippen LogP contribution in [0.3, 0.4) is 0 Å². The Morgan fingerprint density at radius 1 is 1.19 bits per heavy atom. The lowest BCUT2D eigenvalue weighted by molar-refractivity contribution is 0.174. The number of aromatic amines is 1. The third kappa shape index (κ3) is 2.95. The van der Waals surface area contributed by atoms with Gasteiger partial charge in [0, 0.05) is 25.5 Å². The summed E-state index contributed by atoms with van der Waals surface area (Å²) in [4.78, 5) is 3.00. The second-order valence-electron chi connectivity index (χ2n) is 3.78. The summed E-state index contributed by atoms with van der Waals surface area (Å²) in [5.74, 6) is 0. The fourth-order valence-corrected chi connectivity index (χ4v) is 1.61. The SMILES string of the molecule is OC(CNCc1cc[nH]c1)c1ccccc1. The zero-order valence-corrected chi connectivity index (χ0v) is 9.06. The van der Waals surface area contributed by atoms with E-state index in [0.29, 0.717) is 6.54 Å². The number of rotatable bonds is 5. The molecule has 3 N–H and O–H groups in total. The van der Waals surface area contributed by atoms with Crippen LogP contribution in [0.2, 0.25) is 0 Å². The highest BCUT2D eigenvalue weighted by Crippen LogP contribution is 2.10. The first-order valence-corrected chi connectivity index (χ1v) is 5.41. The fraction of sp³-hybridized carbons (Fsp3) is 0.231. The van der Waals surface area contributed by atoms with E-state index in [0.717, 1.165) is 12.1 Å². The molecule has 0 aliphatic rings. The molecule has 0 aliphatic carbocycles. The first-order chi connectivity index (χ1) is 7.86. The van der Waals surface area contributed by atoms with Crippen LogP contribution in [0.1, 0.15) is 17.2 Å². The Morgan fingerprint density at radius 3 is 2.69 bits per heavy atom. The maximum Gasteiger partial charge on any atom is 0.0914 e. The van der Waals surface area contributed by atoms with Gasteiger partial charge in [-0.3, -0.25) is 0 Å². The van der Waals surface area contributed by atoms with Gasteiger partial charge >= 0.3 is 0 Å². The largest absolute Gasteiger partial charge is 0.387 e. The van der Waals surface area contributed by atoms with E-state index in [-0.39, 0.29) is 0 Å². The Kier molecular flexibility index (Phi) is 3.75. The number of hydrogen-bond acceptors (Lipinski definition) is 2. The molecule has 1 aromatic carbocycles. The summed E-state index contributed by atoms with van der Waals surface area (Å²) in [6.07, 6.45) is 3.40. The zero-order valence-electron chi connectivity index (χ0n) is 9.06. The molecule has 0 amide bonds. The third-order valence-electron chi connectivity index (χ3n) is 2.51. The molecule has 1 heterocycles. The molecule has 0 fully saturated rings. The number of benzene rings is 1. The lowest BCUT2D eigenvalue weighted by atomic mass is 10.1. The third-order valence-corrected chi connectivity index (χ3v) is 2.51. The highest BCUT2D eigenvalue weighted by Gasteiger charge is 2.05. The Balaban J connectivity index is 1.78. The minimum absolute atomic E-state index is 0.444. The van der Waals surface area contributed by atoms with Gasteiger partial charge in [0.15, 0.2) is 0 Å². The van der Waals surface area contributed by atoms with Crippen molar-refractivity contribution in [2.75, 3.05) is 6.54 Å². The normalized spacial score (nSPS) is 12.6. The number of nitrogens with one attached hydrogen (secondary N) is 2. The summed E-state index contributed by atoms with van der Waals surface area (Å²) in [7, 11) is 0. The molecule has 0 saturated carbocycles. The van der Waals surface area contributed by atoms with Gasteiger partial charge in [0.25, 0.3) is 0 Å². The summed E-state index contributed by atoms with van der Waals surface area (Å²) in [5.41, 5.74) is 2.14. The van der Waals surface area contributed by atoms with Gasteiger partial charge in [-0.1, -0.05) is 30.3 Å². The first-order valence-electron chi connectivity index (χ1n) is 5.41. The van der Waals surface area contributed by atoms with Crippen molar-refractivity contribution in [3.05, 3.63) is 59.9 Å². The molecule has 3 nitrogen and oxygen atoms in total. The Labute approximate surface area is 95.1 Å². The van der Waals surface area contributed by atoms with Crippen molar-refractivity contribution < 1.29 is 5.11 Å². The quantitative estimate of drug-likeness (QED) is 0.714. The van der Waals surface area contributed by atoms with Crippen molar-refractivity contribution in [3.8, 4) is 0 Å². The van der Waals surface area contributed by atoms with E-state index < -0.39 is 6.10 Å². The molecule has 1 aromatic heterocycles. The smallest absolute Gasteiger partial charge is 0.0914 e. The molecule has 0 saturated heterocycles. The van der Waals surface area contributed by atoms with Crippen LogP contribution in [-0.2, 0) is 6.54 Å². The molecule has 0 spiro atoms. The van der Waals surface area contributed by atoms with Gasteiger partial charge in [-0.25, -0.2) is 0 Å². The first kappa shape index (κ1) is 10.9. The van der Waals surface area contributed by atoms with E-state index in [9.17, 15) is 5.11 Å². The summed E-state index contributed by atoms with van der Waals surface area (Å²) >= 11 is 0. The molecule has 0 aliphatic heterocycles. The number of aliphatic hydroxyl groups excluding tert-OH is 1. The van der Waals surface area contributed by atoms with Gasteiger partial charge in [0.2, 0.25) is 0 Å². The molecular formula is C13H16N2O. The summed E-state index contributed by atoms with van der Waals surface area (Å²) in [5, 5.41) is 13.1. The molecule has 0 radical (unpaired) electrons. The maximum absolute atomic E-state index is 9.88. The van der Waals surface area contributed by atoms with E-state index in [1.165, 1.54) is 5.56 Å². The van der Waals surface area contributed by atoms with Crippen LogP contribution in [0.4, 0.5) is 0 Å². The molecule has 16 heavy (non-hydrogen) atoms. The van der Waals surface area contributed by atoms with Crippen molar-refractivity contribution in [2.45, 2.75) is 12.6 Å². The van der Waals surface area contributed by atoms with Crippen molar-refractivity contribution in [2.24, 2.45) is 0 Å². The highest BCUT2D eigenvalue weighted by atomic mass is 16.3. The maximum atomic E-state index is 9.88. The van der Waals surface area contributed by atoms with Gasteiger partial charge in [0.05, 0.1) is 6.10 Å². The topological polar surface area (TPSA) is 48.0 Å². The van der Waals surface area contributed by atoms with Crippen molar-refractivity contribution in [1.29, 1.82) is 0 Å². The van der Waals surface area contributed by atoms with Crippen LogP contribution in [0, 0.1) is 0 Å². The summed E-state index contributed by atoms with van der Waals surface area (Å²) in [6.45, 7) is 1.34. The Morgan fingerprint density at radius 2 is 2.00 bits per heavy atom. The minimum Gasteiger partial charge on any atom is -0.387 e. The van der Waals surface area contributed by atoms with E-state index in [1.807, 2.05) is 48.8 Å². The van der Waals surface area contributed by atoms with Crippen LogP contribution in [-0.4, -0.2) is 16.6 Å². The van der Waals surface area contributed by atoms with Crippen molar-refractivity contribution >= 4 is 0 Å². The average molecular weight is 216 g/mol. The molecule has 1 atom stereocenters. The van der Waals surface area contributed by atoms with Crippen molar-refractivity contribution in [3.63, 3.8) is 0 Å². The fourth-order valence-electron chi connectivity index (χ4n) is 1.61. The van der Waals surface area contributed by atoms with Gasteiger partial charge in [-0.05, 0) is 17.2 Å². The van der Waals surface area contributed by atoms with Gasteiger partial charge in [-0.2, -0.15) is 0 Å². The van der Waals surface area contributed by atoms with E-state index in [1.54, 1.807) is 0 Å². The predicted octanol–water partition coefficient (Wildman–Crippen LogP) is 1.84. The number of aliphatic hydroxyl groups is 1. The lowest BCUT2D eigenvalue weighted by Crippen LogP contribution is -2.20. The second-order valence-corrected chi connectivity index (χ2v) is 3.78. The van der Waals surface area contributed by atoms with Crippen LogP contribution < -0.4 is 5.32 Å². The van der Waals surface area contributed by atoms with Crippen LogP contribution in [0.5, 0.6) is 0 Å². The van der Waals surface area contributed by atoms with Gasteiger partial charge in [0.1, 0.15) is 0 Å². The minimum atomic E-state index is -0.444. The van der Waals surface area contributed by atoms with Crippen LogP contribution >= 0.6 is 0 Å². The summed E-state index contributed by atoms with van der Waals surface area (Å²) in [6, 6.07) is 11.7. The predicted molar refractivity (Wildman–Crippen MR) is 63.9 cm³/mol. The second kappa shape index (κ2) is 5.49. The Bertz CT molecular complexity index is 397. The number of aromatic nitrogens is 1. The Hall–Kier alpha value is -1.58. The molecule has 2 aromatic rings. The number of hydrogen-bond donors (Lipinski definition) is 3. The average Bonchev–Trinajstić information content (AvgIpc) is 2.83. The monoisotopic (exact) mass is 216 g/mol. The molecular weight excluding hydrogens is 200 g/mol. The zero-order chi connectivity index (χ0) is 11.2. The highest BCUT2D eigenvalue weighted by molar-refractivity contribution is 5.17. The van der Waals surface area contributed by atoms with Crippen molar-refractivity contribution in [1.82, 2.24) is 10.3 Å². The van der Waals surface area contributed by atoms with E-state index in [4.69, 9.17) is 0 Å². The summed E-state index contributed by atoms with van der Waals surface area (Å²) < 4.78 is 0. The molecule has 84 valence electrons. The molecule has 3 heteroatoms.